The maximum absolute atomic E-state index is 13.5. The highest BCUT2D eigenvalue weighted by Crippen LogP contribution is 2.25. The Morgan fingerprint density at radius 1 is 0.944 bits per heavy atom. The van der Waals surface area contributed by atoms with Gasteiger partial charge in [0.2, 0.25) is 0 Å². The number of pyridine rings is 1. The molecule has 1 heterocycles. The number of amidine groups is 1. The van der Waals surface area contributed by atoms with Crippen molar-refractivity contribution < 1.29 is 14.3 Å². The highest BCUT2D eigenvalue weighted by molar-refractivity contribution is 5.96. The van der Waals surface area contributed by atoms with E-state index in [9.17, 15) is 14.4 Å². The van der Waals surface area contributed by atoms with E-state index < -0.39 is 29.5 Å². The minimum absolute atomic E-state index is 0.0515. The number of nitrogens with zero attached hydrogens (tertiary/aromatic N) is 1. The van der Waals surface area contributed by atoms with Gasteiger partial charge in [0, 0.05) is 12.7 Å². The Kier molecular flexibility index (Phi) is 9.56. The van der Waals surface area contributed by atoms with Gasteiger partial charge in [-0.1, -0.05) is 60.7 Å². The molecule has 0 spiro atoms. The molecule has 0 aliphatic carbocycles. The Labute approximate surface area is 210 Å². The number of aromatic nitrogens is 1. The molecule has 0 radical (unpaired) electrons. The van der Waals surface area contributed by atoms with Crippen LogP contribution in [0.1, 0.15) is 53.7 Å². The van der Waals surface area contributed by atoms with Gasteiger partial charge < -0.3 is 19.9 Å². The molecule has 36 heavy (non-hydrogen) atoms. The largest absolute Gasteiger partial charge is 0.467 e. The van der Waals surface area contributed by atoms with Crippen molar-refractivity contribution in [3.05, 3.63) is 106 Å². The first-order chi connectivity index (χ1) is 17.4. The van der Waals surface area contributed by atoms with Crippen LogP contribution in [0, 0.1) is 5.41 Å². The molecule has 1 amide bonds. The molecule has 2 aromatic carbocycles. The molecule has 1 atom stereocenters. The summed E-state index contributed by atoms with van der Waals surface area (Å²) >= 11 is 0. The van der Waals surface area contributed by atoms with Crippen LogP contribution >= 0.6 is 0 Å². The maximum Gasteiger partial charge on any atom is 0.328 e. The standard InChI is InChI=1S/C28H32N4O4/c1-20(29)30-18-10-9-17-24(28(35)36-2)31-26(33)23-16-11-19-32(27(23)34)25(21-12-5-3-6-13-21)22-14-7-4-8-15-22/h3-8,11-16,19,24-25H,9-10,17-18H2,1-2H3,(H2,29,30)(H,31,33)/t24-/m0/s1. The van der Waals surface area contributed by atoms with Crippen LogP contribution in [0.25, 0.3) is 0 Å². The third kappa shape index (κ3) is 6.91. The molecule has 3 N–H and O–H groups in total. The molecule has 8 nitrogen and oxygen atoms in total. The highest BCUT2D eigenvalue weighted by Gasteiger charge is 2.25. The Morgan fingerprint density at radius 2 is 1.56 bits per heavy atom. The van der Waals surface area contributed by atoms with Crippen molar-refractivity contribution in [2.45, 2.75) is 38.3 Å². The van der Waals surface area contributed by atoms with Crippen molar-refractivity contribution in [1.29, 1.82) is 5.41 Å². The molecule has 3 aromatic rings. The van der Waals surface area contributed by atoms with E-state index >= 15 is 0 Å². The predicted octanol–water partition coefficient (Wildman–Crippen LogP) is 3.51. The number of esters is 1. The molecule has 8 heteroatoms. The molecule has 3 rings (SSSR count). The van der Waals surface area contributed by atoms with Gasteiger partial charge in [-0.05, 0) is 49.4 Å². The lowest BCUT2D eigenvalue weighted by molar-refractivity contribution is -0.143. The second-order valence-electron chi connectivity index (χ2n) is 8.45. The van der Waals surface area contributed by atoms with E-state index in [0.717, 1.165) is 11.1 Å². The quantitative estimate of drug-likeness (QED) is 0.165. The third-order valence-corrected chi connectivity index (χ3v) is 5.83. The lowest BCUT2D eigenvalue weighted by atomic mass is 9.98. The van der Waals surface area contributed by atoms with Gasteiger partial charge in [-0.15, -0.1) is 0 Å². The van der Waals surface area contributed by atoms with Crippen molar-refractivity contribution in [2.24, 2.45) is 0 Å². The summed E-state index contributed by atoms with van der Waals surface area (Å²) in [5, 5.41) is 13.0. The van der Waals surface area contributed by atoms with Crippen LogP contribution in [0.4, 0.5) is 0 Å². The average Bonchev–Trinajstić information content (AvgIpc) is 2.89. The van der Waals surface area contributed by atoms with Crippen molar-refractivity contribution >= 4 is 17.7 Å². The number of nitrogens with one attached hydrogen (secondary N) is 3. The van der Waals surface area contributed by atoms with Crippen molar-refractivity contribution in [1.82, 2.24) is 15.2 Å². The second kappa shape index (κ2) is 13.0. The van der Waals surface area contributed by atoms with Crippen LogP contribution in [-0.2, 0) is 9.53 Å². The second-order valence-corrected chi connectivity index (χ2v) is 8.45. The van der Waals surface area contributed by atoms with Gasteiger partial charge in [0.15, 0.2) is 0 Å². The summed E-state index contributed by atoms with van der Waals surface area (Å²) in [5.41, 5.74) is 1.31. The van der Waals surface area contributed by atoms with E-state index in [1.807, 2.05) is 60.7 Å². The average molecular weight is 489 g/mol. The van der Waals surface area contributed by atoms with E-state index in [0.29, 0.717) is 31.6 Å². The first-order valence-corrected chi connectivity index (χ1v) is 11.9. The molecule has 0 aliphatic rings. The number of methoxy groups -OCH3 is 1. The van der Waals surface area contributed by atoms with E-state index in [-0.39, 0.29) is 5.56 Å². The number of hydrogen-bond acceptors (Lipinski definition) is 5. The number of rotatable bonds is 11. The Balaban J connectivity index is 1.85. The summed E-state index contributed by atoms with van der Waals surface area (Å²) in [6, 6.07) is 21.1. The minimum Gasteiger partial charge on any atom is -0.467 e. The van der Waals surface area contributed by atoms with Gasteiger partial charge in [0.1, 0.15) is 11.6 Å². The van der Waals surface area contributed by atoms with E-state index in [4.69, 9.17) is 10.1 Å². The summed E-state index contributed by atoms with van der Waals surface area (Å²) in [5.74, 6) is -0.821. The van der Waals surface area contributed by atoms with Crippen LogP contribution in [0.15, 0.2) is 83.8 Å². The van der Waals surface area contributed by atoms with Crippen molar-refractivity contribution in [2.75, 3.05) is 13.7 Å². The van der Waals surface area contributed by atoms with Gasteiger partial charge in [-0.25, -0.2) is 4.79 Å². The van der Waals surface area contributed by atoms with Crippen LogP contribution < -0.4 is 16.2 Å². The normalized spacial score (nSPS) is 11.5. The van der Waals surface area contributed by atoms with E-state index in [1.165, 1.54) is 17.7 Å². The Hall–Kier alpha value is -4.20. The van der Waals surface area contributed by atoms with Crippen LogP contribution in [-0.4, -0.2) is 42.0 Å². The smallest absolute Gasteiger partial charge is 0.328 e. The summed E-state index contributed by atoms with van der Waals surface area (Å²) in [4.78, 5) is 39.0. The number of amides is 1. The summed E-state index contributed by atoms with van der Waals surface area (Å²) < 4.78 is 6.41. The molecule has 0 bridgehead atoms. The first-order valence-electron chi connectivity index (χ1n) is 11.9. The van der Waals surface area contributed by atoms with Crippen LogP contribution in [0.5, 0.6) is 0 Å². The topological polar surface area (TPSA) is 113 Å². The zero-order valence-electron chi connectivity index (χ0n) is 20.6. The Bertz CT molecular complexity index is 1190. The molecule has 0 unspecified atom stereocenters. The fourth-order valence-electron chi connectivity index (χ4n) is 4.05. The zero-order chi connectivity index (χ0) is 25.9. The van der Waals surface area contributed by atoms with Gasteiger partial charge >= 0.3 is 5.97 Å². The fraction of sp³-hybridized carbons (Fsp3) is 0.286. The van der Waals surface area contributed by atoms with Gasteiger partial charge in [0.05, 0.1) is 19.0 Å². The number of ether oxygens (including phenoxy) is 1. The molecule has 188 valence electrons. The number of carbonyl (C=O) groups excluding carboxylic acids is 2. The van der Waals surface area contributed by atoms with Crippen molar-refractivity contribution in [3.8, 4) is 0 Å². The SMILES string of the molecule is COC(=O)[C@H](CCCCNC(C)=N)NC(=O)c1cccn(C(c2ccccc2)c2ccccc2)c1=O. The first kappa shape index (κ1) is 26.4. The molecular weight excluding hydrogens is 456 g/mol. The monoisotopic (exact) mass is 488 g/mol. The lowest BCUT2D eigenvalue weighted by Crippen LogP contribution is -2.44. The number of unbranched alkanes of at least 4 members (excludes halogenated alkanes) is 1. The number of benzene rings is 2. The van der Waals surface area contributed by atoms with Gasteiger partial charge in [-0.3, -0.25) is 15.0 Å². The molecule has 0 fully saturated rings. The molecular formula is C28H32N4O4. The molecule has 0 saturated carbocycles. The summed E-state index contributed by atoms with van der Waals surface area (Å²) in [7, 11) is 1.27. The fourth-order valence-corrected chi connectivity index (χ4v) is 4.05. The number of carbonyl (C=O) groups is 2. The van der Waals surface area contributed by atoms with E-state index in [2.05, 4.69) is 10.6 Å². The van der Waals surface area contributed by atoms with Gasteiger partial charge in [0.25, 0.3) is 11.5 Å². The molecule has 0 aliphatic heterocycles. The highest BCUT2D eigenvalue weighted by atomic mass is 16.5. The maximum atomic E-state index is 13.5. The van der Waals surface area contributed by atoms with Crippen LogP contribution in [0.2, 0.25) is 0 Å². The zero-order valence-corrected chi connectivity index (χ0v) is 20.6. The molecule has 0 saturated heterocycles. The van der Waals surface area contributed by atoms with Gasteiger partial charge in [-0.2, -0.15) is 0 Å². The predicted molar refractivity (Wildman–Crippen MR) is 139 cm³/mol. The van der Waals surface area contributed by atoms with Crippen molar-refractivity contribution in [3.63, 3.8) is 0 Å². The summed E-state index contributed by atoms with van der Waals surface area (Å²) in [6.45, 7) is 2.26. The minimum atomic E-state index is -0.879. The third-order valence-electron chi connectivity index (χ3n) is 5.83. The lowest BCUT2D eigenvalue weighted by Gasteiger charge is -2.22. The van der Waals surface area contributed by atoms with Crippen LogP contribution in [0.3, 0.4) is 0 Å². The summed E-state index contributed by atoms with van der Waals surface area (Å²) in [6.07, 6.45) is 3.37. The molecule has 1 aromatic heterocycles. The number of hydrogen-bond donors (Lipinski definition) is 3. The Morgan fingerprint density at radius 3 is 2.11 bits per heavy atom. The van der Waals surface area contributed by atoms with E-state index in [1.54, 1.807) is 19.2 Å².